The molecule has 0 spiro atoms. The van der Waals surface area contributed by atoms with Gasteiger partial charge in [0.1, 0.15) is 16.5 Å². The van der Waals surface area contributed by atoms with Crippen molar-refractivity contribution in [1.82, 2.24) is 0 Å². The zero-order chi connectivity index (χ0) is 13.1. The Bertz CT molecular complexity index is 528. The van der Waals surface area contributed by atoms with E-state index < -0.39 is 0 Å². The number of thiophene rings is 1. The van der Waals surface area contributed by atoms with Crippen LogP contribution in [-0.4, -0.2) is 14.2 Å². The first-order chi connectivity index (χ1) is 8.69. The topological polar surface area (TPSA) is 44.5 Å². The minimum absolute atomic E-state index is 0.255. The van der Waals surface area contributed by atoms with E-state index in [0.717, 1.165) is 11.1 Å². The Balaban J connectivity index is 2.48. The lowest BCUT2D eigenvalue weighted by Crippen LogP contribution is -2.12. The molecule has 18 heavy (non-hydrogen) atoms. The number of hydrogen-bond donors (Lipinski definition) is 1. The molecule has 0 fully saturated rings. The van der Waals surface area contributed by atoms with Crippen LogP contribution < -0.4 is 15.2 Å². The number of benzene rings is 1. The van der Waals surface area contributed by atoms with E-state index in [2.05, 4.69) is 0 Å². The molecule has 1 aromatic heterocycles. The monoisotopic (exact) mass is 283 g/mol. The Hall–Kier alpha value is -1.23. The maximum absolute atomic E-state index is 6.22. The molecule has 2 aromatic rings. The Morgan fingerprint density at radius 1 is 1.22 bits per heavy atom. The first-order valence-electron chi connectivity index (χ1n) is 5.37. The van der Waals surface area contributed by atoms with E-state index >= 15 is 0 Å². The maximum atomic E-state index is 6.22. The molecule has 0 aliphatic carbocycles. The summed E-state index contributed by atoms with van der Waals surface area (Å²) in [6.45, 7) is 0. The number of nitrogens with two attached hydrogens (primary N) is 1. The van der Waals surface area contributed by atoms with Crippen LogP contribution in [0.25, 0.3) is 0 Å². The average molecular weight is 284 g/mol. The third-order valence-corrected chi connectivity index (χ3v) is 3.81. The molecule has 1 heterocycles. The lowest BCUT2D eigenvalue weighted by Gasteiger charge is -2.17. The molecule has 0 saturated carbocycles. The van der Waals surface area contributed by atoms with Gasteiger partial charge in [0, 0.05) is 5.56 Å². The minimum Gasteiger partial charge on any atom is -0.495 e. The highest BCUT2D eigenvalue weighted by molar-refractivity contribution is 7.08. The molecular formula is C13H14ClNO2S. The molecule has 2 rings (SSSR count). The number of halogens is 1. The van der Waals surface area contributed by atoms with Crippen molar-refractivity contribution >= 4 is 22.9 Å². The molecule has 0 radical (unpaired) electrons. The summed E-state index contributed by atoms with van der Waals surface area (Å²) in [6.07, 6.45) is 0. The van der Waals surface area contributed by atoms with E-state index in [0.29, 0.717) is 16.5 Å². The van der Waals surface area contributed by atoms with Gasteiger partial charge in [0.25, 0.3) is 0 Å². The number of ether oxygens (including phenoxy) is 2. The second-order valence-corrected chi connectivity index (χ2v) is 4.90. The Morgan fingerprint density at radius 3 is 2.56 bits per heavy atom. The first kappa shape index (κ1) is 13.2. The second kappa shape index (κ2) is 5.61. The van der Waals surface area contributed by atoms with E-state index in [4.69, 9.17) is 26.8 Å². The molecule has 0 bridgehead atoms. The fourth-order valence-electron chi connectivity index (χ4n) is 1.79. The van der Waals surface area contributed by atoms with Crippen LogP contribution in [0.5, 0.6) is 11.5 Å². The van der Waals surface area contributed by atoms with Gasteiger partial charge in [0.2, 0.25) is 0 Å². The molecule has 96 valence electrons. The number of hydrogen-bond acceptors (Lipinski definition) is 4. The minimum atomic E-state index is -0.255. The van der Waals surface area contributed by atoms with Gasteiger partial charge in [0.05, 0.1) is 20.3 Å². The molecule has 0 aliphatic heterocycles. The quantitative estimate of drug-likeness (QED) is 0.934. The summed E-state index contributed by atoms with van der Waals surface area (Å²) in [5.74, 6) is 1.14. The molecule has 1 aromatic carbocycles. The van der Waals surface area contributed by atoms with Crippen LogP contribution in [0.2, 0.25) is 5.02 Å². The highest BCUT2D eigenvalue weighted by atomic mass is 35.5. The zero-order valence-corrected chi connectivity index (χ0v) is 11.7. The van der Waals surface area contributed by atoms with Gasteiger partial charge in [-0.3, -0.25) is 0 Å². The van der Waals surface area contributed by atoms with Crippen LogP contribution in [-0.2, 0) is 0 Å². The van der Waals surface area contributed by atoms with Crippen LogP contribution in [0.3, 0.4) is 0 Å². The van der Waals surface area contributed by atoms with Crippen molar-refractivity contribution in [2.75, 3.05) is 14.2 Å². The van der Waals surface area contributed by atoms with Crippen LogP contribution in [0.4, 0.5) is 0 Å². The highest BCUT2D eigenvalue weighted by Gasteiger charge is 2.19. The van der Waals surface area contributed by atoms with Gasteiger partial charge < -0.3 is 15.2 Å². The van der Waals surface area contributed by atoms with Crippen molar-refractivity contribution in [1.29, 1.82) is 0 Å². The van der Waals surface area contributed by atoms with Crippen molar-refractivity contribution in [2.45, 2.75) is 6.04 Å². The van der Waals surface area contributed by atoms with E-state index in [1.807, 2.05) is 22.9 Å². The normalized spacial score (nSPS) is 12.2. The van der Waals surface area contributed by atoms with Crippen molar-refractivity contribution in [3.05, 3.63) is 45.1 Å². The summed E-state index contributed by atoms with van der Waals surface area (Å²) < 4.78 is 10.5. The Morgan fingerprint density at radius 2 is 2.00 bits per heavy atom. The summed E-state index contributed by atoms with van der Waals surface area (Å²) >= 11 is 7.83. The fourth-order valence-corrected chi connectivity index (χ4v) is 2.82. The van der Waals surface area contributed by atoms with Gasteiger partial charge in [-0.1, -0.05) is 11.6 Å². The van der Waals surface area contributed by atoms with E-state index in [1.54, 1.807) is 31.6 Å². The Labute approximate surface area is 115 Å². The molecule has 2 N–H and O–H groups in total. The average Bonchev–Trinajstić information content (AvgIpc) is 2.91. The molecule has 1 atom stereocenters. The number of methoxy groups -OCH3 is 2. The predicted octanol–water partition coefficient (Wildman–Crippen LogP) is 3.47. The summed E-state index contributed by atoms with van der Waals surface area (Å²) in [5.41, 5.74) is 8.11. The highest BCUT2D eigenvalue weighted by Crippen LogP contribution is 2.40. The van der Waals surface area contributed by atoms with Crippen LogP contribution in [0.1, 0.15) is 17.2 Å². The lowest BCUT2D eigenvalue weighted by molar-refractivity contribution is 0.390. The molecule has 3 nitrogen and oxygen atoms in total. The first-order valence-corrected chi connectivity index (χ1v) is 6.69. The summed E-state index contributed by atoms with van der Waals surface area (Å²) in [4.78, 5) is 0. The molecule has 1 unspecified atom stereocenters. The number of rotatable bonds is 4. The van der Waals surface area contributed by atoms with Gasteiger partial charge in [0.15, 0.2) is 0 Å². The van der Waals surface area contributed by atoms with Crippen molar-refractivity contribution < 1.29 is 9.47 Å². The van der Waals surface area contributed by atoms with Gasteiger partial charge in [-0.2, -0.15) is 11.3 Å². The standard InChI is InChI=1S/C13H14ClNO2S/c1-16-10-4-3-9(13(17-2)11(10)14)12(15)8-5-6-18-7-8/h3-7,12H,15H2,1-2H3. The largest absolute Gasteiger partial charge is 0.495 e. The van der Waals surface area contributed by atoms with Gasteiger partial charge >= 0.3 is 0 Å². The van der Waals surface area contributed by atoms with Gasteiger partial charge in [-0.15, -0.1) is 0 Å². The van der Waals surface area contributed by atoms with Crippen molar-refractivity contribution in [3.63, 3.8) is 0 Å². The van der Waals surface area contributed by atoms with Gasteiger partial charge in [-0.05, 0) is 34.5 Å². The molecule has 0 amide bonds. The van der Waals surface area contributed by atoms with Gasteiger partial charge in [-0.25, -0.2) is 0 Å². The fraction of sp³-hybridized carbons (Fsp3) is 0.231. The summed E-state index contributed by atoms with van der Waals surface area (Å²) in [6, 6.07) is 5.42. The van der Waals surface area contributed by atoms with Crippen LogP contribution >= 0.6 is 22.9 Å². The molecule has 0 aliphatic rings. The van der Waals surface area contributed by atoms with E-state index in [-0.39, 0.29) is 6.04 Å². The summed E-state index contributed by atoms with van der Waals surface area (Å²) in [7, 11) is 3.14. The smallest absolute Gasteiger partial charge is 0.146 e. The second-order valence-electron chi connectivity index (χ2n) is 3.74. The SMILES string of the molecule is COc1ccc(C(N)c2ccsc2)c(OC)c1Cl. The predicted molar refractivity (Wildman–Crippen MR) is 74.9 cm³/mol. The van der Waals surface area contributed by atoms with E-state index in [9.17, 15) is 0 Å². The zero-order valence-electron chi connectivity index (χ0n) is 10.1. The van der Waals surface area contributed by atoms with Crippen molar-refractivity contribution in [2.24, 2.45) is 5.73 Å². The molecular weight excluding hydrogens is 270 g/mol. The third kappa shape index (κ3) is 2.32. The maximum Gasteiger partial charge on any atom is 0.146 e. The van der Waals surface area contributed by atoms with E-state index in [1.165, 1.54) is 0 Å². The van der Waals surface area contributed by atoms with Crippen LogP contribution in [0.15, 0.2) is 29.0 Å². The van der Waals surface area contributed by atoms with Crippen LogP contribution in [0, 0.1) is 0 Å². The Kier molecular flexibility index (Phi) is 4.11. The molecule has 5 heteroatoms. The lowest BCUT2D eigenvalue weighted by atomic mass is 10.0. The third-order valence-electron chi connectivity index (χ3n) is 2.75. The molecule has 0 saturated heterocycles. The van der Waals surface area contributed by atoms with Crippen molar-refractivity contribution in [3.8, 4) is 11.5 Å². The summed E-state index contributed by atoms with van der Waals surface area (Å²) in [5, 5.41) is 4.46.